The Morgan fingerprint density at radius 3 is 2.53 bits per heavy atom. The maximum absolute atomic E-state index is 14.0. The van der Waals surface area contributed by atoms with Crippen molar-refractivity contribution in [2.75, 3.05) is 44.2 Å². The van der Waals surface area contributed by atoms with Crippen LogP contribution in [0.5, 0.6) is 0 Å². The van der Waals surface area contributed by atoms with E-state index in [1.165, 1.54) is 13.0 Å². The first kappa shape index (κ1) is 14.0. The Bertz CT molecular complexity index is 456. The van der Waals surface area contributed by atoms with Gasteiger partial charge in [0.25, 0.3) is 0 Å². The molecule has 0 radical (unpaired) electrons. The molecule has 1 aliphatic rings. The van der Waals surface area contributed by atoms with E-state index in [0.717, 1.165) is 32.7 Å². The lowest BCUT2D eigenvalue weighted by atomic mass is 10.1. The van der Waals surface area contributed by atoms with Crippen molar-refractivity contribution in [1.29, 1.82) is 0 Å². The van der Waals surface area contributed by atoms with E-state index >= 15 is 0 Å². The summed E-state index contributed by atoms with van der Waals surface area (Å²) in [4.78, 5) is 15.5. The average molecular weight is 265 g/mol. The first-order chi connectivity index (χ1) is 9.11. The number of Topliss-reactive ketones (excluding diaryl/α,β-unsaturated/α-hetero) is 1. The highest BCUT2D eigenvalue weighted by atomic mass is 19.1. The molecule has 0 atom stereocenters. The zero-order chi connectivity index (χ0) is 13.8. The van der Waals surface area contributed by atoms with Crippen molar-refractivity contribution in [2.45, 2.75) is 6.92 Å². The van der Waals surface area contributed by atoms with Gasteiger partial charge in [0.05, 0.1) is 5.69 Å². The van der Waals surface area contributed by atoms with Crippen molar-refractivity contribution >= 4 is 11.5 Å². The van der Waals surface area contributed by atoms with Gasteiger partial charge in [-0.3, -0.25) is 9.69 Å². The Kier molecular flexibility index (Phi) is 4.50. The molecule has 0 amide bonds. The lowest BCUT2D eigenvalue weighted by Gasteiger charge is -2.36. The normalized spacial score (nSPS) is 16.7. The van der Waals surface area contributed by atoms with Gasteiger partial charge in [-0.1, -0.05) is 0 Å². The Hall–Kier alpha value is -1.46. The molecule has 5 heteroatoms. The minimum absolute atomic E-state index is 0.113. The number of rotatable bonds is 4. The summed E-state index contributed by atoms with van der Waals surface area (Å²) < 4.78 is 14.0. The van der Waals surface area contributed by atoms with Gasteiger partial charge in [0.1, 0.15) is 5.82 Å². The molecule has 1 aromatic rings. The van der Waals surface area contributed by atoms with Crippen molar-refractivity contribution in [3.8, 4) is 0 Å². The first-order valence-electron chi connectivity index (χ1n) is 6.59. The molecule has 1 heterocycles. The van der Waals surface area contributed by atoms with Gasteiger partial charge in [-0.2, -0.15) is 0 Å². The number of piperazine rings is 1. The highest BCUT2D eigenvalue weighted by molar-refractivity contribution is 5.94. The number of anilines is 1. The van der Waals surface area contributed by atoms with Crippen LogP contribution in [0.2, 0.25) is 0 Å². The van der Waals surface area contributed by atoms with Gasteiger partial charge in [-0.25, -0.2) is 4.39 Å². The number of carbonyl (C=O) groups excluding carboxylic acids is 1. The smallest absolute Gasteiger partial charge is 0.159 e. The van der Waals surface area contributed by atoms with E-state index in [1.54, 1.807) is 12.1 Å². The summed E-state index contributed by atoms with van der Waals surface area (Å²) >= 11 is 0. The van der Waals surface area contributed by atoms with Crippen LogP contribution in [0.1, 0.15) is 17.3 Å². The first-order valence-corrected chi connectivity index (χ1v) is 6.59. The van der Waals surface area contributed by atoms with Crippen LogP contribution in [0.25, 0.3) is 0 Å². The molecule has 0 spiro atoms. The van der Waals surface area contributed by atoms with E-state index < -0.39 is 0 Å². The van der Waals surface area contributed by atoms with Gasteiger partial charge < -0.3 is 10.6 Å². The molecule has 104 valence electrons. The van der Waals surface area contributed by atoms with Gasteiger partial charge in [0, 0.05) is 44.8 Å². The number of nitrogens with zero attached hydrogens (tertiary/aromatic N) is 2. The van der Waals surface area contributed by atoms with E-state index in [4.69, 9.17) is 5.73 Å². The van der Waals surface area contributed by atoms with Gasteiger partial charge in [-0.15, -0.1) is 0 Å². The summed E-state index contributed by atoms with van der Waals surface area (Å²) in [5, 5.41) is 0. The van der Waals surface area contributed by atoms with Crippen molar-refractivity contribution in [2.24, 2.45) is 5.73 Å². The lowest BCUT2D eigenvalue weighted by molar-refractivity contribution is 0.101. The van der Waals surface area contributed by atoms with Crippen molar-refractivity contribution in [1.82, 2.24) is 4.90 Å². The zero-order valence-electron chi connectivity index (χ0n) is 11.2. The molecular weight excluding hydrogens is 245 g/mol. The van der Waals surface area contributed by atoms with Crippen LogP contribution >= 0.6 is 0 Å². The highest BCUT2D eigenvalue weighted by Crippen LogP contribution is 2.22. The highest BCUT2D eigenvalue weighted by Gasteiger charge is 2.19. The quantitative estimate of drug-likeness (QED) is 0.829. The minimum Gasteiger partial charge on any atom is -0.367 e. The predicted molar refractivity (Wildman–Crippen MR) is 74.1 cm³/mol. The summed E-state index contributed by atoms with van der Waals surface area (Å²) in [5.74, 6) is -0.432. The molecule has 1 saturated heterocycles. The van der Waals surface area contributed by atoms with Gasteiger partial charge in [-0.05, 0) is 25.1 Å². The third-order valence-electron chi connectivity index (χ3n) is 3.51. The summed E-state index contributed by atoms with van der Waals surface area (Å²) in [7, 11) is 0. The standard InChI is InChI=1S/C14H20FN3O/c1-11(19)12-2-3-14(13(15)10-12)18-8-6-17(5-4-16)7-9-18/h2-3,10H,4-9,16H2,1H3. The summed E-state index contributed by atoms with van der Waals surface area (Å²) in [6, 6.07) is 4.71. The molecular formula is C14H20FN3O. The monoisotopic (exact) mass is 265 g/mol. The third-order valence-corrected chi connectivity index (χ3v) is 3.51. The van der Waals surface area contributed by atoms with Crippen molar-refractivity contribution in [3.63, 3.8) is 0 Å². The Labute approximate surface area is 113 Å². The molecule has 2 N–H and O–H groups in total. The number of ketones is 1. The fraction of sp³-hybridized carbons (Fsp3) is 0.500. The zero-order valence-corrected chi connectivity index (χ0v) is 11.2. The van der Waals surface area contributed by atoms with Crippen LogP contribution in [-0.2, 0) is 0 Å². The summed E-state index contributed by atoms with van der Waals surface area (Å²) in [6.07, 6.45) is 0. The predicted octanol–water partition coefficient (Wildman–Crippen LogP) is 1.11. The van der Waals surface area contributed by atoms with Gasteiger partial charge >= 0.3 is 0 Å². The number of halogens is 1. The maximum Gasteiger partial charge on any atom is 0.159 e. The number of nitrogens with two attached hydrogens (primary N) is 1. The number of benzene rings is 1. The van der Waals surface area contributed by atoms with E-state index in [1.807, 2.05) is 4.90 Å². The van der Waals surface area contributed by atoms with Crippen LogP contribution in [-0.4, -0.2) is 50.0 Å². The van der Waals surface area contributed by atoms with Crippen LogP contribution in [0.3, 0.4) is 0 Å². The minimum atomic E-state index is -0.319. The molecule has 0 bridgehead atoms. The van der Waals surface area contributed by atoms with Gasteiger partial charge in [0.15, 0.2) is 5.78 Å². The van der Waals surface area contributed by atoms with Crippen LogP contribution in [0, 0.1) is 5.82 Å². The van der Waals surface area contributed by atoms with Crippen molar-refractivity contribution < 1.29 is 9.18 Å². The Morgan fingerprint density at radius 1 is 1.32 bits per heavy atom. The molecule has 0 saturated carbocycles. The SMILES string of the molecule is CC(=O)c1ccc(N2CCN(CCN)CC2)c(F)c1. The molecule has 4 nitrogen and oxygen atoms in total. The summed E-state index contributed by atoms with van der Waals surface area (Å²) in [6.45, 7) is 6.35. The number of carbonyl (C=O) groups is 1. The van der Waals surface area contributed by atoms with Crippen LogP contribution < -0.4 is 10.6 Å². The molecule has 1 aliphatic heterocycles. The molecule has 1 fully saturated rings. The van der Waals surface area contributed by atoms with E-state index in [2.05, 4.69) is 4.90 Å². The lowest BCUT2D eigenvalue weighted by Crippen LogP contribution is -2.48. The number of hydrogen-bond acceptors (Lipinski definition) is 4. The largest absolute Gasteiger partial charge is 0.367 e. The second kappa shape index (κ2) is 6.12. The molecule has 0 unspecified atom stereocenters. The average Bonchev–Trinajstić information content (AvgIpc) is 2.40. The molecule has 0 aliphatic carbocycles. The van der Waals surface area contributed by atoms with Gasteiger partial charge in [0.2, 0.25) is 0 Å². The maximum atomic E-state index is 14.0. The van der Waals surface area contributed by atoms with Crippen LogP contribution in [0.15, 0.2) is 18.2 Å². The third kappa shape index (κ3) is 3.30. The van der Waals surface area contributed by atoms with Crippen molar-refractivity contribution in [3.05, 3.63) is 29.6 Å². The summed E-state index contributed by atoms with van der Waals surface area (Å²) in [5.41, 5.74) is 6.53. The Morgan fingerprint density at radius 2 is 2.00 bits per heavy atom. The number of hydrogen-bond donors (Lipinski definition) is 1. The van der Waals surface area contributed by atoms with E-state index in [-0.39, 0.29) is 11.6 Å². The second-order valence-electron chi connectivity index (χ2n) is 4.84. The molecule has 0 aromatic heterocycles. The van der Waals surface area contributed by atoms with Crippen LogP contribution in [0.4, 0.5) is 10.1 Å². The Balaban J connectivity index is 2.05. The molecule has 19 heavy (non-hydrogen) atoms. The topological polar surface area (TPSA) is 49.6 Å². The van der Waals surface area contributed by atoms with E-state index in [9.17, 15) is 9.18 Å². The van der Waals surface area contributed by atoms with E-state index in [0.29, 0.717) is 17.8 Å². The molecule has 1 aromatic carbocycles. The second-order valence-corrected chi connectivity index (χ2v) is 4.84. The molecule has 2 rings (SSSR count). The fourth-order valence-electron chi connectivity index (χ4n) is 2.38. The fourth-order valence-corrected chi connectivity index (χ4v) is 2.38.